The summed E-state index contributed by atoms with van der Waals surface area (Å²) in [5, 5.41) is 2.92. The van der Waals surface area contributed by atoms with Crippen molar-refractivity contribution in [2.24, 2.45) is 0 Å². The predicted molar refractivity (Wildman–Crippen MR) is 160 cm³/mol. The predicted octanol–water partition coefficient (Wildman–Crippen LogP) is 4.54. The van der Waals surface area contributed by atoms with Gasteiger partial charge in [-0.2, -0.15) is 0 Å². The van der Waals surface area contributed by atoms with Gasteiger partial charge < -0.3 is 19.7 Å². The smallest absolute Gasteiger partial charge is 0.264 e. The van der Waals surface area contributed by atoms with Gasteiger partial charge in [-0.05, 0) is 88.7 Å². The monoisotopic (exact) mass is 581 g/mol. The molecular weight excluding hydrogens is 542 g/mol. The number of methoxy groups -OCH3 is 2. The van der Waals surface area contributed by atoms with Crippen molar-refractivity contribution in [2.45, 2.75) is 57.6 Å². The van der Waals surface area contributed by atoms with E-state index in [1.54, 1.807) is 68.6 Å². The zero-order chi connectivity index (χ0) is 30.4. The van der Waals surface area contributed by atoms with Crippen LogP contribution in [0.5, 0.6) is 11.5 Å². The highest BCUT2D eigenvalue weighted by molar-refractivity contribution is 7.92. The number of hydrogen-bond acceptors (Lipinski definition) is 6. The summed E-state index contributed by atoms with van der Waals surface area (Å²) in [6.45, 7) is 8.59. The second kappa shape index (κ2) is 13.1. The Bertz CT molecular complexity index is 1450. The van der Waals surface area contributed by atoms with Gasteiger partial charge >= 0.3 is 0 Å². The minimum absolute atomic E-state index is 0.0459. The summed E-state index contributed by atoms with van der Waals surface area (Å²) < 4.78 is 39.5. The maximum Gasteiger partial charge on any atom is 0.264 e. The average Bonchev–Trinajstić information content (AvgIpc) is 2.93. The third-order valence-electron chi connectivity index (χ3n) is 6.40. The number of anilines is 1. The van der Waals surface area contributed by atoms with Crippen LogP contribution in [0.25, 0.3) is 0 Å². The number of carbonyl (C=O) groups excluding carboxylic acids is 2. The second-order valence-electron chi connectivity index (χ2n) is 10.8. The molecule has 1 N–H and O–H groups in total. The number of aryl methyl sites for hydroxylation is 1. The lowest BCUT2D eigenvalue weighted by Crippen LogP contribution is -2.54. The first-order valence-corrected chi connectivity index (χ1v) is 14.7. The van der Waals surface area contributed by atoms with E-state index >= 15 is 0 Å². The van der Waals surface area contributed by atoms with Gasteiger partial charge in [-0.25, -0.2) is 8.42 Å². The molecule has 0 spiro atoms. The molecule has 3 aromatic rings. The normalized spacial score (nSPS) is 12.3. The van der Waals surface area contributed by atoms with E-state index in [1.165, 1.54) is 24.1 Å². The molecule has 3 rings (SSSR count). The molecule has 0 aliphatic rings. The average molecular weight is 582 g/mol. The summed E-state index contributed by atoms with van der Waals surface area (Å²) in [5.74, 6) is 0.241. The third-order valence-corrected chi connectivity index (χ3v) is 8.19. The summed E-state index contributed by atoms with van der Waals surface area (Å²) in [4.78, 5) is 28.7. The van der Waals surface area contributed by atoms with E-state index in [0.29, 0.717) is 11.5 Å². The van der Waals surface area contributed by atoms with Gasteiger partial charge in [0, 0.05) is 12.1 Å². The Balaban J connectivity index is 2.05. The Kier molecular flexibility index (Phi) is 10.0. The first-order chi connectivity index (χ1) is 19.2. The molecule has 3 aromatic carbocycles. The van der Waals surface area contributed by atoms with Crippen molar-refractivity contribution in [2.75, 3.05) is 25.1 Å². The highest BCUT2D eigenvalue weighted by Crippen LogP contribution is 2.27. The van der Waals surface area contributed by atoms with Crippen LogP contribution in [-0.4, -0.2) is 57.5 Å². The number of nitrogens with zero attached hydrogens (tertiary/aromatic N) is 2. The number of rotatable bonds is 11. The molecule has 220 valence electrons. The van der Waals surface area contributed by atoms with Gasteiger partial charge in [-0.15, -0.1) is 0 Å². The van der Waals surface area contributed by atoms with Crippen LogP contribution < -0.4 is 19.1 Å². The topological polar surface area (TPSA) is 105 Å². The molecule has 41 heavy (non-hydrogen) atoms. The summed E-state index contributed by atoms with van der Waals surface area (Å²) in [6, 6.07) is 19.1. The van der Waals surface area contributed by atoms with E-state index in [1.807, 2.05) is 33.8 Å². The van der Waals surface area contributed by atoms with Crippen molar-refractivity contribution >= 4 is 27.5 Å². The van der Waals surface area contributed by atoms with Gasteiger partial charge in [0.05, 0.1) is 24.8 Å². The zero-order valence-electron chi connectivity index (χ0n) is 24.7. The molecule has 0 radical (unpaired) electrons. The first kappa shape index (κ1) is 31.5. The second-order valence-corrected chi connectivity index (χ2v) is 12.7. The van der Waals surface area contributed by atoms with Gasteiger partial charge in [0.25, 0.3) is 10.0 Å². The van der Waals surface area contributed by atoms with E-state index in [2.05, 4.69) is 5.32 Å². The van der Waals surface area contributed by atoms with Crippen LogP contribution in [0, 0.1) is 6.92 Å². The van der Waals surface area contributed by atoms with Gasteiger partial charge in [0.1, 0.15) is 24.1 Å². The fraction of sp³-hybridized carbons (Fsp3) is 0.355. The largest absolute Gasteiger partial charge is 0.497 e. The highest BCUT2D eigenvalue weighted by Gasteiger charge is 2.33. The standard InChI is InChI=1S/C31H39N3O6S/c1-22-11-17-28(18-12-22)41(37,38)34(25-13-15-26(39-6)16-14-25)21-29(35)33(23(2)30(36)32-31(3,4)5)20-24-9-8-10-27(19-24)40-7/h8-19,23H,20-21H2,1-7H3,(H,32,36)/t23-/m1/s1. The van der Waals surface area contributed by atoms with E-state index in [9.17, 15) is 18.0 Å². The lowest BCUT2D eigenvalue weighted by atomic mass is 10.1. The maximum atomic E-state index is 14.0. The Hall–Kier alpha value is -4.05. The van der Waals surface area contributed by atoms with Crippen molar-refractivity contribution < 1.29 is 27.5 Å². The van der Waals surface area contributed by atoms with Crippen molar-refractivity contribution in [1.82, 2.24) is 10.2 Å². The number of amides is 2. The molecule has 0 saturated carbocycles. The summed E-state index contributed by atoms with van der Waals surface area (Å²) in [7, 11) is -1.09. The molecule has 0 fully saturated rings. The summed E-state index contributed by atoms with van der Waals surface area (Å²) in [6.07, 6.45) is 0. The van der Waals surface area contributed by atoms with Crippen molar-refractivity contribution in [3.63, 3.8) is 0 Å². The molecule has 9 nitrogen and oxygen atoms in total. The van der Waals surface area contributed by atoms with Crippen molar-refractivity contribution in [3.8, 4) is 11.5 Å². The number of sulfonamides is 1. The highest BCUT2D eigenvalue weighted by atomic mass is 32.2. The molecule has 0 unspecified atom stereocenters. The van der Waals surface area contributed by atoms with Gasteiger partial charge in [0.2, 0.25) is 11.8 Å². The molecular formula is C31H39N3O6S. The molecule has 0 aromatic heterocycles. The summed E-state index contributed by atoms with van der Waals surface area (Å²) in [5.41, 5.74) is 1.39. The Morgan fingerprint density at radius 3 is 2.07 bits per heavy atom. The molecule has 0 bridgehead atoms. The van der Waals surface area contributed by atoms with Gasteiger partial charge in [-0.3, -0.25) is 13.9 Å². The Morgan fingerprint density at radius 1 is 0.902 bits per heavy atom. The molecule has 0 aliphatic heterocycles. The third kappa shape index (κ3) is 8.23. The zero-order valence-corrected chi connectivity index (χ0v) is 25.5. The minimum atomic E-state index is -4.15. The number of carbonyl (C=O) groups is 2. The maximum absolute atomic E-state index is 14.0. The fourth-order valence-electron chi connectivity index (χ4n) is 4.14. The van der Waals surface area contributed by atoms with E-state index in [4.69, 9.17) is 9.47 Å². The summed E-state index contributed by atoms with van der Waals surface area (Å²) >= 11 is 0. The van der Waals surface area contributed by atoms with E-state index in [0.717, 1.165) is 15.4 Å². The van der Waals surface area contributed by atoms with E-state index in [-0.39, 0.29) is 23.0 Å². The number of nitrogens with one attached hydrogen (secondary N) is 1. The SMILES string of the molecule is COc1ccc(N(CC(=O)N(Cc2cccc(OC)c2)[C@H](C)C(=O)NC(C)(C)C)S(=O)(=O)c2ccc(C)cc2)cc1. The van der Waals surface area contributed by atoms with Gasteiger partial charge in [-0.1, -0.05) is 29.8 Å². The number of hydrogen-bond donors (Lipinski definition) is 1. The van der Waals surface area contributed by atoms with Crippen LogP contribution in [0.1, 0.15) is 38.8 Å². The first-order valence-electron chi connectivity index (χ1n) is 13.2. The lowest BCUT2D eigenvalue weighted by molar-refractivity contribution is -0.140. The minimum Gasteiger partial charge on any atom is -0.497 e. The van der Waals surface area contributed by atoms with Crippen LogP contribution in [0.15, 0.2) is 77.7 Å². The van der Waals surface area contributed by atoms with Crippen LogP contribution in [0.3, 0.4) is 0 Å². The van der Waals surface area contributed by atoms with Crippen LogP contribution >= 0.6 is 0 Å². The molecule has 2 amide bonds. The number of benzene rings is 3. The fourth-order valence-corrected chi connectivity index (χ4v) is 5.55. The molecule has 0 saturated heterocycles. The van der Waals surface area contributed by atoms with Crippen LogP contribution in [0.2, 0.25) is 0 Å². The van der Waals surface area contributed by atoms with Crippen LogP contribution in [0.4, 0.5) is 5.69 Å². The molecule has 0 aliphatic carbocycles. The number of ether oxygens (including phenoxy) is 2. The molecule has 10 heteroatoms. The molecule has 0 heterocycles. The van der Waals surface area contributed by atoms with Gasteiger partial charge in [0.15, 0.2) is 0 Å². The lowest BCUT2D eigenvalue weighted by Gasteiger charge is -2.33. The van der Waals surface area contributed by atoms with Crippen LogP contribution in [-0.2, 0) is 26.2 Å². The Labute approximate surface area is 243 Å². The van der Waals surface area contributed by atoms with E-state index < -0.39 is 34.1 Å². The Morgan fingerprint density at radius 2 is 1.51 bits per heavy atom. The van der Waals surface area contributed by atoms with Crippen molar-refractivity contribution in [1.29, 1.82) is 0 Å². The molecule has 1 atom stereocenters. The quantitative estimate of drug-likeness (QED) is 0.357. The van der Waals surface area contributed by atoms with Crippen molar-refractivity contribution in [3.05, 3.63) is 83.9 Å².